The average molecular weight is 397 g/mol. The molecule has 8 heteroatoms. The minimum Gasteiger partial charge on any atom is -0.487 e. The number of hydrogen-bond acceptors (Lipinski definition) is 7. The zero-order valence-electron chi connectivity index (χ0n) is 16.9. The van der Waals surface area contributed by atoms with E-state index in [-0.39, 0.29) is 18.0 Å². The molecule has 1 amide bonds. The number of aliphatic hydroxyl groups is 1. The van der Waals surface area contributed by atoms with E-state index in [4.69, 9.17) is 16.2 Å². The SMILES string of the molecule is C=C(N)C(C)(CO)NC(=O)C(=NC)c1cc(OCc2ccc(C)cn2)ccc1N. The van der Waals surface area contributed by atoms with Gasteiger partial charge in [0.2, 0.25) is 0 Å². The third-order valence-corrected chi connectivity index (χ3v) is 4.49. The fourth-order valence-electron chi connectivity index (χ4n) is 2.45. The first-order valence-corrected chi connectivity index (χ1v) is 8.99. The molecule has 2 aromatic rings. The number of hydrogen-bond donors (Lipinski definition) is 4. The molecule has 29 heavy (non-hydrogen) atoms. The second kappa shape index (κ2) is 9.20. The number of nitrogens with two attached hydrogens (primary N) is 2. The molecule has 0 fully saturated rings. The molecule has 6 N–H and O–H groups in total. The van der Waals surface area contributed by atoms with E-state index in [1.54, 1.807) is 31.3 Å². The Kier molecular flexibility index (Phi) is 6.95. The standard InChI is InChI=1S/C21H27N5O3/c1-13-5-6-15(25-10-13)11-29-16-7-8-18(23)17(9-16)19(24-4)20(28)26-21(3,12-27)14(2)22/h5-10,27H,2,11-12,22-23H2,1,3-4H3,(H,26,28). The maximum Gasteiger partial charge on any atom is 0.270 e. The third-order valence-electron chi connectivity index (χ3n) is 4.49. The first kappa shape index (κ1) is 21.9. The maximum atomic E-state index is 12.8. The number of aliphatic imine (C=N–C) groups is 1. The number of ether oxygens (including phenoxy) is 1. The Morgan fingerprint density at radius 2 is 2.10 bits per heavy atom. The van der Waals surface area contributed by atoms with Crippen LogP contribution < -0.4 is 21.5 Å². The summed E-state index contributed by atoms with van der Waals surface area (Å²) in [7, 11) is 1.48. The number of pyridine rings is 1. The number of nitrogens with one attached hydrogen (secondary N) is 1. The highest BCUT2D eigenvalue weighted by Gasteiger charge is 2.30. The number of carbonyl (C=O) groups excluding carboxylic acids is 1. The Morgan fingerprint density at radius 1 is 1.38 bits per heavy atom. The quantitative estimate of drug-likeness (QED) is 0.392. The highest BCUT2D eigenvalue weighted by atomic mass is 16.5. The lowest BCUT2D eigenvalue weighted by Gasteiger charge is -2.29. The lowest BCUT2D eigenvalue weighted by molar-refractivity contribution is -0.116. The first-order chi connectivity index (χ1) is 13.7. The van der Waals surface area contributed by atoms with Gasteiger partial charge in [-0.2, -0.15) is 0 Å². The van der Waals surface area contributed by atoms with Crippen LogP contribution in [0.15, 0.2) is 53.8 Å². The summed E-state index contributed by atoms with van der Waals surface area (Å²) in [5, 5.41) is 12.2. The van der Waals surface area contributed by atoms with Crippen LogP contribution in [0.4, 0.5) is 5.69 Å². The molecule has 0 aliphatic carbocycles. The Hall–Kier alpha value is -3.39. The molecule has 0 bridgehead atoms. The fraction of sp³-hybridized carbons (Fsp3) is 0.286. The second-order valence-electron chi connectivity index (χ2n) is 6.91. The first-order valence-electron chi connectivity index (χ1n) is 8.99. The smallest absolute Gasteiger partial charge is 0.270 e. The van der Waals surface area contributed by atoms with Gasteiger partial charge in [0.15, 0.2) is 0 Å². The molecule has 8 nitrogen and oxygen atoms in total. The predicted molar refractivity (Wildman–Crippen MR) is 114 cm³/mol. The molecule has 1 atom stereocenters. The van der Waals surface area contributed by atoms with Crippen LogP contribution in [0.3, 0.4) is 0 Å². The largest absolute Gasteiger partial charge is 0.487 e. The van der Waals surface area contributed by atoms with Crippen molar-refractivity contribution in [1.82, 2.24) is 10.3 Å². The van der Waals surface area contributed by atoms with Gasteiger partial charge < -0.3 is 26.6 Å². The van der Waals surface area contributed by atoms with Crippen molar-refractivity contribution in [1.29, 1.82) is 0 Å². The number of amides is 1. The van der Waals surface area contributed by atoms with Crippen LogP contribution in [0.5, 0.6) is 5.75 Å². The van der Waals surface area contributed by atoms with Gasteiger partial charge in [-0.1, -0.05) is 12.6 Å². The molecule has 0 saturated carbocycles. The number of aliphatic hydroxyl groups excluding tert-OH is 1. The summed E-state index contributed by atoms with van der Waals surface area (Å²) in [6.45, 7) is 7.00. The van der Waals surface area contributed by atoms with Crippen molar-refractivity contribution in [2.45, 2.75) is 26.0 Å². The lowest BCUT2D eigenvalue weighted by Crippen LogP contribution is -2.54. The normalized spacial score (nSPS) is 13.4. The molecule has 1 unspecified atom stereocenters. The molecule has 0 saturated heterocycles. The highest BCUT2D eigenvalue weighted by molar-refractivity contribution is 6.46. The minimum atomic E-state index is -1.19. The Bertz CT molecular complexity index is 924. The molecule has 1 aromatic heterocycles. The summed E-state index contributed by atoms with van der Waals surface area (Å²) < 4.78 is 5.78. The van der Waals surface area contributed by atoms with E-state index < -0.39 is 18.1 Å². The number of anilines is 1. The molecule has 0 aliphatic heterocycles. The van der Waals surface area contributed by atoms with Gasteiger partial charge in [0.25, 0.3) is 5.91 Å². The summed E-state index contributed by atoms with van der Waals surface area (Å²) in [6.07, 6.45) is 1.77. The molecular weight excluding hydrogens is 370 g/mol. The third kappa shape index (κ3) is 5.32. The Balaban J connectivity index is 2.23. The van der Waals surface area contributed by atoms with E-state index in [0.29, 0.717) is 17.0 Å². The summed E-state index contributed by atoms with van der Waals surface area (Å²) >= 11 is 0. The Labute approximate surface area is 170 Å². The second-order valence-corrected chi connectivity index (χ2v) is 6.91. The van der Waals surface area contributed by atoms with Gasteiger partial charge in [-0.05, 0) is 43.7 Å². The zero-order valence-corrected chi connectivity index (χ0v) is 16.9. The summed E-state index contributed by atoms with van der Waals surface area (Å²) in [6, 6.07) is 8.82. The van der Waals surface area contributed by atoms with E-state index in [1.807, 2.05) is 19.1 Å². The maximum absolute atomic E-state index is 12.8. The van der Waals surface area contributed by atoms with E-state index in [1.165, 1.54) is 7.05 Å². The molecule has 0 spiro atoms. The summed E-state index contributed by atoms with van der Waals surface area (Å²) in [4.78, 5) is 21.1. The van der Waals surface area contributed by atoms with Crippen LogP contribution in [0.1, 0.15) is 23.7 Å². The van der Waals surface area contributed by atoms with Gasteiger partial charge in [-0.15, -0.1) is 0 Å². The van der Waals surface area contributed by atoms with E-state index in [9.17, 15) is 9.90 Å². The monoisotopic (exact) mass is 397 g/mol. The van der Waals surface area contributed by atoms with Crippen LogP contribution in [-0.2, 0) is 11.4 Å². The molecule has 0 radical (unpaired) electrons. The zero-order chi connectivity index (χ0) is 21.6. The van der Waals surface area contributed by atoms with Crippen LogP contribution in [-0.4, -0.2) is 40.9 Å². The number of nitrogens with zero attached hydrogens (tertiary/aromatic N) is 2. The van der Waals surface area contributed by atoms with Crippen molar-refractivity contribution in [3.63, 3.8) is 0 Å². The van der Waals surface area contributed by atoms with Crippen LogP contribution in [0.2, 0.25) is 0 Å². The number of rotatable bonds is 8. The van der Waals surface area contributed by atoms with Crippen molar-refractivity contribution >= 4 is 17.3 Å². The van der Waals surface area contributed by atoms with Crippen LogP contribution >= 0.6 is 0 Å². The van der Waals surface area contributed by atoms with Gasteiger partial charge >= 0.3 is 0 Å². The van der Waals surface area contributed by atoms with Gasteiger partial charge in [-0.25, -0.2) is 0 Å². The van der Waals surface area contributed by atoms with Gasteiger partial charge in [0, 0.05) is 30.2 Å². The molecular formula is C21H27N5O3. The lowest BCUT2D eigenvalue weighted by atomic mass is 9.98. The molecule has 1 aromatic carbocycles. The van der Waals surface area contributed by atoms with E-state index in [0.717, 1.165) is 11.3 Å². The van der Waals surface area contributed by atoms with Crippen LogP contribution in [0, 0.1) is 6.92 Å². The van der Waals surface area contributed by atoms with Crippen LogP contribution in [0.25, 0.3) is 0 Å². The number of benzene rings is 1. The van der Waals surface area contributed by atoms with Gasteiger partial charge in [-0.3, -0.25) is 14.8 Å². The van der Waals surface area contributed by atoms with Gasteiger partial charge in [0.05, 0.1) is 17.8 Å². The van der Waals surface area contributed by atoms with Crippen molar-refractivity contribution in [2.75, 3.05) is 19.4 Å². The summed E-state index contributed by atoms with van der Waals surface area (Å²) in [5.74, 6) is -0.0293. The highest BCUT2D eigenvalue weighted by Crippen LogP contribution is 2.22. The minimum absolute atomic E-state index is 0.0855. The predicted octanol–water partition coefficient (Wildman–Crippen LogP) is 1.31. The van der Waals surface area contributed by atoms with E-state index >= 15 is 0 Å². The van der Waals surface area contributed by atoms with E-state index in [2.05, 4.69) is 21.9 Å². The number of aromatic nitrogens is 1. The van der Waals surface area contributed by atoms with Crippen molar-refractivity contribution < 1.29 is 14.6 Å². The van der Waals surface area contributed by atoms with Gasteiger partial charge in [0.1, 0.15) is 18.1 Å². The molecule has 1 heterocycles. The molecule has 2 rings (SSSR count). The topological polar surface area (TPSA) is 136 Å². The number of aryl methyl sites for hydroxylation is 1. The van der Waals surface area contributed by atoms with Crippen molar-refractivity contribution in [3.8, 4) is 5.75 Å². The summed E-state index contributed by atoms with van der Waals surface area (Å²) in [5.41, 5.74) is 13.4. The fourth-order valence-corrected chi connectivity index (χ4v) is 2.45. The van der Waals surface area contributed by atoms with Crippen molar-refractivity contribution in [3.05, 3.63) is 65.6 Å². The molecule has 0 aliphatic rings. The number of nitrogen functional groups attached to an aromatic ring is 1. The van der Waals surface area contributed by atoms with Crippen molar-refractivity contribution in [2.24, 2.45) is 10.7 Å². The molecule has 154 valence electrons. The average Bonchev–Trinajstić information content (AvgIpc) is 2.69. The number of carbonyl (C=O) groups is 1. The Morgan fingerprint density at radius 3 is 2.66 bits per heavy atom.